The first kappa shape index (κ1) is 7.88. The average Bonchev–Trinajstić information content (AvgIpc) is 2.20. The molecule has 1 aromatic rings. The number of hydrogen-bond donors (Lipinski definition) is 0. The van der Waals surface area contributed by atoms with Gasteiger partial charge in [0.15, 0.2) is 0 Å². The van der Waals surface area contributed by atoms with E-state index in [4.69, 9.17) is 0 Å². The number of rotatable bonds is 0. The number of aryl methyl sites for hydroxylation is 2. The minimum atomic E-state index is 0.961. The van der Waals surface area contributed by atoms with Crippen molar-refractivity contribution < 1.29 is 0 Å². The maximum atomic E-state index is 3.73. The van der Waals surface area contributed by atoms with Gasteiger partial charge in [-0.05, 0) is 6.92 Å². The molecule has 1 heterocycles. The lowest BCUT2D eigenvalue weighted by molar-refractivity contribution is 0.714. The summed E-state index contributed by atoms with van der Waals surface area (Å²) in [6.45, 7) is 7.91. The second-order valence-electron chi connectivity index (χ2n) is 1.53. The molecule has 0 fully saturated rings. The van der Waals surface area contributed by atoms with E-state index < -0.39 is 0 Å². The third-order valence-corrected chi connectivity index (χ3v) is 0.717. The van der Waals surface area contributed by atoms with Crippen LogP contribution in [0.1, 0.15) is 5.69 Å². The highest BCUT2D eigenvalue weighted by Crippen LogP contribution is 1.82. The number of hydrogen-bond acceptors (Lipinski definition) is 2. The monoisotopic (exact) mass is 125 g/mol. The van der Waals surface area contributed by atoms with Gasteiger partial charge in [0.05, 0.1) is 5.69 Å². The maximum absolute atomic E-state index is 3.73. The molecule has 9 heavy (non-hydrogen) atoms. The molecule has 1 aromatic heterocycles. The summed E-state index contributed by atoms with van der Waals surface area (Å²) in [7, 11) is 1.85. The zero-order chi connectivity index (χ0) is 7.28. The first-order chi connectivity index (χ1) is 4.29. The van der Waals surface area contributed by atoms with Crippen molar-refractivity contribution in [2.24, 2.45) is 7.05 Å². The van der Waals surface area contributed by atoms with Gasteiger partial charge in [0.1, 0.15) is 0 Å². The Balaban J connectivity index is 0.000000291. The standard InChI is InChI=1S/C4H7N3.C2H4/c1-4-3-7(2)6-5-4;1-2/h3H,1-2H3;1-2H2. The van der Waals surface area contributed by atoms with E-state index in [-0.39, 0.29) is 0 Å². The summed E-state index contributed by atoms with van der Waals surface area (Å²) in [6.07, 6.45) is 1.86. The molecule has 0 aromatic carbocycles. The molecule has 0 saturated heterocycles. The lowest BCUT2D eigenvalue weighted by Crippen LogP contribution is -1.85. The van der Waals surface area contributed by atoms with Crippen LogP contribution in [0.5, 0.6) is 0 Å². The fourth-order valence-electron chi connectivity index (χ4n) is 0.463. The van der Waals surface area contributed by atoms with Crippen molar-refractivity contribution in [1.29, 1.82) is 0 Å². The summed E-state index contributed by atoms with van der Waals surface area (Å²) in [6, 6.07) is 0. The molecule has 0 aliphatic heterocycles. The topological polar surface area (TPSA) is 30.7 Å². The first-order valence-corrected chi connectivity index (χ1v) is 2.62. The van der Waals surface area contributed by atoms with Crippen molar-refractivity contribution in [2.75, 3.05) is 0 Å². The van der Waals surface area contributed by atoms with Crippen molar-refractivity contribution in [3.05, 3.63) is 25.0 Å². The molecule has 0 spiro atoms. The van der Waals surface area contributed by atoms with Crippen LogP contribution >= 0.6 is 0 Å². The molecule has 0 bridgehead atoms. The average molecular weight is 125 g/mol. The fourth-order valence-corrected chi connectivity index (χ4v) is 0.463. The van der Waals surface area contributed by atoms with Gasteiger partial charge in [0.2, 0.25) is 0 Å². The van der Waals surface area contributed by atoms with Gasteiger partial charge in [-0.15, -0.1) is 18.3 Å². The van der Waals surface area contributed by atoms with Crippen LogP contribution in [0.25, 0.3) is 0 Å². The van der Waals surface area contributed by atoms with Gasteiger partial charge >= 0.3 is 0 Å². The van der Waals surface area contributed by atoms with E-state index in [0.29, 0.717) is 0 Å². The Labute approximate surface area is 55.0 Å². The fraction of sp³-hybridized carbons (Fsp3) is 0.333. The van der Waals surface area contributed by atoms with E-state index >= 15 is 0 Å². The first-order valence-electron chi connectivity index (χ1n) is 2.62. The van der Waals surface area contributed by atoms with Crippen LogP contribution in [0.2, 0.25) is 0 Å². The summed E-state index contributed by atoms with van der Waals surface area (Å²) in [4.78, 5) is 0. The lowest BCUT2D eigenvalue weighted by Gasteiger charge is -1.75. The summed E-state index contributed by atoms with van der Waals surface area (Å²) in [5.74, 6) is 0. The minimum Gasteiger partial charge on any atom is -0.255 e. The van der Waals surface area contributed by atoms with E-state index in [2.05, 4.69) is 23.5 Å². The molecule has 0 aliphatic carbocycles. The summed E-state index contributed by atoms with van der Waals surface area (Å²) < 4.78 is 1.68. The molecule has 0 atom stereocenters. The predicted molar refractivity (Wildman–Crippen MR) is 37.0 cm³/mol. The van der Waals surface area contributed by atoms with E-state index in [1.54, 1.807) is 4.68 Å². The van der Waals surface area contributed by atoms with Gasteiger partial charge in [-0.3, -0.25) is 4.68 Å². The predicted octanol–water partition coefficient (Wildman–Crippen LogP) is 0.926. The van der Waals surface area contributed by atoms with E-state index in [1.807, 2.05) is 20.2 Å². The molecular weight excluding hydrogens is 114 g/mol. The molecular formula is C6H11N3. The van der Waals surface area contributed by atoms with Crippen LogP contribution < -0.4 is 0 Å². The largest absolute Gasteiger partial charge is 0.255 e. The molecule has 3 heteroatoms. The molecule has 3 nitrogen and oxygen atoms in total. The second kappa shape index (κ2) is 3.83. The molecule has 1 rings (SSSR count). The van der Waals surface area contributed by atoms with Crippen molar-refractivity contribution in [3.63, 3.8) is 0 Å². The highest BCUT2D eigenvalue weighted by molar-refractivity contribution is 4.85. The van der Waals surface area contributed by atoms with Crippen molar-refractivity contribution >= 4 is 0 Å². The molecule has 0 amide bonds. The van der Waals surface area contributed by atoms with Crippen LogP contribution in [0.15, 0.2) is 19.4 Å². The highest BCUT2D eigenvalue weighted by atomic mass is 15.4. The Morgan fingerprint density at radius 3 is 2.22 bits per heavy atom. The van der Waals surface area contributed by atoms with Crippen molar-refractivity contribution in [1.82, 2.24) is 15.0 Å². The van der Waals surface area contributed by atoms with Crippen LogP contribution in [0.4, 0.5) is 0 Å². The second-order valence-corrected chi connectivity index (χ2v) is 1.53. The van der Waals surface area contributed by atoms with Crippen molar-refractivity contribution in [3.8, 4) is 0 Å². The van der Waals surface area contributed by atoms with Gasteiger partial charge < -0.3 is 0 Å². The maximum Gasteiger partial charge on any atom is 0.0796 e. The summed E-state index contributed by atoms with van der Waals surface area (Å²) >= 11 is 0. The van der Waals surface area contributed by atoms with E-state index in [9.17, 15) is 0 Å². The Morgan fingerprint density at radius 2 is 2.11 bits per heavy atom. The molecule has 0 N–H and O–H groups in total. The Hall–Kier alpha value is -1.12. The quantitative estimate of drug-likeness (QED) is 0.483. The van der Waals surface area contributed by atoms with Crippen molar-refractivity contribution in [2.45, 2.75) is 6.92 Å². The third kappa shape index (κ3) is 2.64. The van der Waals surface area contributed by atoms with Crippen LogP contribution in [-0.2, 0) is 7.05 Å². The van der Waals surface area contributed by atoms with Crippen LogP contribution in [0, 0.1) is 6.92 Å². The molecule has 0 unspecified atom stereocenters. The van der Waals surface area contributed by atoms with E-state index in [0.717, 1.165) is 5.69 Å². The number of nitrogens with zero attached hydrogens (tertiary/aromatic N) is 3. The SMILES string of the molecule is C=C.Cc1cn(C)nn1. The molecule has 0 saturated carbocycles. The van der Waals surface area contributed by atoms with Crippen LogP contribution in [-0.4, -0.2) is 15.0 Å². The van der Waals surface area contributed by atoms with E-state index in [1.165, 1.54) is 0 Å². The lowest BCUT2D eigenvalue weighted by atomic mass is 10.6. The van der Waals surface area contributed by atoms with Gasteiger partial charge in [0.25, 0.3) is 0 Å². The van der Waals surface area contributed by atoms with Gasteiger partial charge in [0, 0.05) is 13.2 Å². The van der Waals surface area contributed by atoms with Gasteiger partial charge in [-0.1, -0.05) is 5.21 Å². The van der Waals surface area contributed by atoms with Crippen LogP contribution in [0.3, 0.4) is 0 Å². The normalized spacial score (nSPS) is 7.78. The Kier molecular flexibility index (Phi) is 3.35. The number of aromatic nitrogens is 3. The molecule has 0 radical (unpaired) electrons. The minimum absolute atomic E-state index is 0.961. The molecule has 50 valence electrons. The zero-order valence-corrected chi connectivity index (χ0v) is 5.83. The van der Waals surface area contributed by atoms with Gasteiger partial charge in [-0.25, -0.2) is 0 Å². The third-order valence-electron chi connectivity index (χ3n) is 0.717. The zero-order valence-electron chi connectivity index (χ0n) is 5.83. The van der Waals surface area contributed by atoms with Gasteiger partial charge in [-0.2, -0.15) is 0 Å². The Bertz CT molecular complexity index is 152. The highest BCUT2D eigenvalue weighted by Gasteiger charge is 1.83. The smallest absolute Gasteiger partial charge is 0.0796 e. The molecule has 0 aliphatic rings. The summed E-state index contributed by atoms with van der Waals surface area (Å²) in [5.41, 5.74) is 0.961. The Morgan fingerprint density at radius 1 is 1.56 bits per heavy atom. The summed E-state index contributed by atoms with van der Waals surface area (Å²) in [5, 5.41) is 7.41.